The second-order valence-corrected chi connectivity index (χ2v) is 7.06. The van der Waals surface area contributed by atoms with E-state index in [4.69, 9.17) is 11.6 Å². The highest BCUT2D eigenvalue weighted by Crippen LogP contribution is 2.28. The van der Waals surface area contributed by atoms with Crippen LogP contribution in [0, 0.1) is 0 Å². The van der Waals surface area contributed by atoms with E-state index in [1.807, 2.05) is 46.3 Å². The zero-order valence-corrected chi connectivity index (χ0v) is 14.8. The highest BCUT2D eigenvalue weighted by atomic mass is 35.5. The summed E-state index contributed by atoms with van der Waals surface area (Å²) in [5.41, 5.74) is 3.46. The van der Waals surface area contributed by atoms with Gasteiger partial charge in [0.2, 0.25) is 0 Å². The Balaban J connectivity index is 1.71. The van der Waals surface area contributed by atoms with Gasteiger partial charge in [-0.1, -0.05) is 54.1 Å². The topological polar surface area (TPSA) is 34.0 Å². The molecule has 5 heteroatoms. The van der Waals surface area contributed by atoms with Gasteiger partial charge in [-0.05, 0) is 35.2 Å². The minimum absolute atomic E-state index is 0.160. The van der Waals surface area contributed by atoms with E-state index in [1.165, 1.54) is 0 Å². The summed E-state index contributed by atoms with van der Waals surface area (Å²) >= 11 is 7.80. The summed E-state index contributed by atoms with van der Waals surface area (Å²) in [6.07, 6.45) is 0. The molecule has 0 unspecified atom stereocenters. The van der Waals surface area contributed by atoms with Crippen LogP contribution in [-0.2, 0) is 6.54 Å². The summed E-state index contributed by atoms with van der Waals surface area (Å²) in [6.45, 7) is 0.645. The summed E-state index contributed by atoms with van der Waals surface area (Å²) in [5.74, 6) is -0.160. The minimum atomic E-state index is -0.160. The van der Waals surface area contributed by atoms with Crippen LogP contribution >= 0.6 is 22.9 Å². The van der Waals surface area contributed by atoms with Crippen molar-refractivity contribution in [2.45, 2.75) is 6.54 Å². The average Bonchev–Trinajstić information content (AvgIpc) is 3.21. The van der Waals surface area contributed by atoms with Crippen LogP contribution in [0.25, 0.3) is 10.2 Å². The third-order valence-electron chi connectivity index (χ3n) is 4.06. The summed E-state index contributed by atoms with van der Waals surface area (Å²) in [4.78, 5) is 12.9. The van der Waals surface area contributed by atoms with Crippen molar-refractivity contribution in [2.24, 2.45) is 0 Å². The third kappa shape index (κ3) is 3.18. The van der Waals surface area contributed by atoms with Crippen molar-refractivity contribution in [3.63, 3.8) is 0 Å². The maximum Gasteiger partial charge on any atom is 0.272 e. The lowest BCUT2D eigenvalue weighted by Gasteiger charge is -2.11. The number of thiophene rings is 1. The number of amides is 1. The van der Waals surface area contributed by atoms with Gasteiger partial charge in [0.25, 0.3) is 5.91 Å². The molecule has 0 aliphatic rings. The van der Waals surface area contributed by atoms with Crippen molar-refractivity contribution < 1.29 is 4.79 Å². The van der Waals surface area contributed by atoms with Crippen LogP contribution in [0.1, 0.15) is 16.1 Å². The van der Waals surface area contributed by atoms with Gasteiger partial charge in [-0.25, -0.2) is 0 Å². The fraction of sp³-hybridized carbons (Fsp3) is 0.0500. The molecule has 4 rings (SSSR count). The molecule has 124 valence electrons. The molecule has 25 heavy (non-hydrogen) atoms. The monoisotopic (exact) mass is 366 g/mol. The number of halogens is 1. The van der Waals surface area contributed by atoms with E-state index in [0.29, 0.717) is 22.9 Å². The quantitative estimate of drug-likeness (QED) is 0.497. The minimum Gasteiger partial charge on any atom is -0.331 e. The SMILES string of the molecule is O=C(Nc1ccccc1Cl)c1cc2sccc2n1Cc1ccccc1. The first-order valence-electron chi connectivity index (χ1n) is 7.89. The number of nitrogens with one attached hydrogen (secondary N) is 1. The van der Waals surface area contributed by atoms with Crippen molar-refractivity contribution in [3.05, 3.63) is 88.4 Å². The highest BCUT2D eigenvalue weighted by Gasteiger charge is 2.17. The average molecular weight is 367 g/mol. The number of para-hydroxylation sites is 1. The molecule has 2 heterocycles. The second-order valence-electron chi connectivity index (χ2n) is 5.71. The van der Waals surface area contributed by atoms with E-state index in [1.54, 1.807) is 23.5 Å². The molecular weight excluding hydrogens is 352 g/mol. The van der Waals surface area contributed by atoms with Gasteiger partial charge in [0, 0.05) is 6.54 Å². The number of nitrogens with zero attached hydrogens (tertiary/aromatic N) is 1. The molecule has 0 bridgehead atoms. The zero-order valence-electron chi connectivity index (χ0n) is 13.3. The predicted molar refractivity (Wildman–Crippen MR) is 105 cm³/mol. The first-order valence-corrected chi connectivity index (χ1v) is 9.14. The van der Waals surface area contributed by atoms with Gasteiger partial charge in [-0.3, -0.25) is 4.79 Å². The molecular formula is C20H15ClN2OS. The van der Waals surface area contributed by atoms with Crippen molar-refractivity contribution in [1.82, 2.24) is 4.57 Å². The van der Waals surface area contributed by atoms with E-state index in [9.17, 15) is 4.79 Å². The van der Waals surface area contributed by atoms with E-state index in [0.717, 1.165) is 15.8 Å². The Morgan fingerprint density at radius 3 is 2.60 bits per heavy atom. The van der Waals surface area contributed by atoms with Gasteiger partial charge in [-0.2, -0.15) is 0 Å². The van der Waals surface area contributed by atoms with E-state index < -0.39 is 0 Å². The first kappa shape index (κ1) is 15.9. The molecule has 0 saturated carbocycles. The first-order chi connectivity index (χ1) is 12.2. The van der Waals surface area contributed by atoms with E-state index in [2.05, 4.69) is 23.5 Å². The summed E-state index contributed by atoms with van der Waals surface area (Å²) < 4.78 is 3.15. The van der Waals surface area contributed by atoms with Gasteiger partial charge in [0.1, 0.15) is 5.69 Å². The van der Waals surface area contributed by atoms with Gasteiger partial charge in [-0.15, -0.1) is 11.3 Å². The number of anilines is 1. The number of fused-ring (bicyclic) bond motifs is 1. The number of carbonyl (C=O) groups excluding carboxylic acids is 1. The van der Waals surface area contributed by atoms with Crippen molar-refractivity contribution in [1.29, 1.82) is 0 Å². The molecule has 0 aliphatic heterocycles. The molecule has 2 aromatic carbocycles. The van der Waals surface area contributed by atoms with Crippen LogP contribution < -0.4 is 5.32 Å². The molecule has 1 amide bonds. The van der Waals surface area contributed by atoms with Gasteiger partial charge >= 0.3 is 0 Å². The Bertz CT molecular complexity index is 1040. The molecule has 0 aliphatic carbocycles. The smallest absolute Gasteiger partial charge is 0.272 e. The Morgan fingerprint density at radius 2 is 1.80 bits per heavy atom. The number of rotatable bonds is 4. The fourth-order valence-corrected chi connectivity index (χ4v) is 3.86. The van der Waals surface area contributed by atoms with Crippen molar-refractivity contribution >= 4 is 44.7 Å². The molecule has 0 atom stereocenters. The lowest BCUT2D eigenvalue weighted by atomic mass is 10.2. The van der Waals surface area contributed by atoms with Crippen LogP contribution in [-0.4, -0.2) is 10.5 Å². The molecule has 0 radical (unpaired) electrons. The highest BCUT2D eigenvalue weighted by molar-refractivity contribution is 7.17. The largest absolute Gasteiger partial charge is 0.331 e. The number of benzene rings is 2. The third-order valence-corrected chi connectivity index (χ3v) is 5.24. The summed E-state index contributed by atoms with van der Waals surface area (Å²) in [7, 11) is 0. The molecule has 2 aromatic heterocycles. The molecule has 1 N–H and O–H groups in total. The Labute approximate surface area is 154 Å². The number of hydrogen-bond donors (Lipinski definition) is 1. The van der Waals surface area contributed by atoms with Crippen LogP contribution in [0.3, 0.4) is 0 Å². The molecule has 3 nitrogen and oxygen atoms in total. The predicted octanol–water partition coefficient (Wildman–Crippen LogP) is 5.66. The molecule has 0 saturated heterocycles. The summed E-state index contributed by atoms with van der Waals surface area (Å²) in [5, 5.41) is 5.49. The van der Waals surface area contributed by atoms with E-state index in [-0.39, 0.29) is 5.91 Å². The van der Waals surface area contributed by atoms with Crippen LogP contribution in [0.5, 0.6) is 0 Å². The van der Waals surface area contributed by atoms with Crippen molar-refractivity contribution in [2.75, 3.05) is 5.32 Å². The standard InChI is InChI=1S/C20H15ClN2OS/c21-15-8-4-5-9-16(15)22-20(24)18-12-19-17(10-11-25-19)23(18)13-14-6-2-1-3-7-14/h1-12H,13H2,(H,22,24). The fourth-order valence-electron chi connectivity index (χ4n) is 2.85. The Hall–Kier alpha value is -2.56. The number of carbonyl (C=O) groups is 1. The molecule has 4 aromatic rings. The Morgan fingerprint density at radius 1 is 1.04 bits per heavy atom. The second kappa shape index (κ2) is 6.75. The zero-order chi connectivity index (χ0) is 17.2. The normalized spacial score (nSPS) is 10.9. The molecule has 0 spiro atoms. The lowest BCUT2D eigenvalue weighted by Crippen LogP contribution is -2.17. The number of hydrogen-bond acceptors (Lipinski definition) is 2. The van der Waals surface area contributed by atoms with Crippen LogP contribution in [0.2, 0.25) is 5.02 Å². The number of aromatic nitrogens is 1. The summed E-state index contributed by atoms with van der Waals surface area (Å²) in [6, 6.07) is 21.4. The van der Waals surface area contributed by atoms with Crippen LogP contribution in [0.15, 0.2) is 72.1 Å². The maximum atomic E-state index is 12.9. The van der Waals surface area contributed by atoms with Gasteiger partial charge in [0.15, 0.2) is 0 Å². The van der Waals surface area contributed by atoms with Gasteiger partial charge < -0.3 is 9.88 Å². The van der Waals surface area contributed by atoms with Crippen molar-refractivity contribution in [3.8, 4) is 0 Å². The lowest BCUT2D eigenvalue weighted by molar-refractivity contribution is 0.101. The molecule has 0 fully saturated rings. The Kier molecular flexibility index (Phi) is 4.30. The maximum absolute atomic E-state index is 12.9. The van der Waals surface area contributed by atoms with E-state index >= 15 is 0 Å². The van der Waals surface area contributed by atoms with Crippen LogP contribution in [0.4, 0.5) is 5.69 Å². The van der Waals surface area contributed by atoms with Gasteiger partial charge in [0.05, 0.1) is 20.9 Å².